The van der Waals surface area contributed by atoms with Gasteiger partial charge >= 0.3 is 6.18 Å². The summed E-state index contributed by atoms with van der Waals surface area (Å²) in [5.74, 6) is 0.0802. The lowest BCUT2D eigenvalue weighted by atomic mass is 10.2. The molecule has 0 fully saturated rings. The van der Waals surface area contributed by atoms with E-state index in [9.17, 15) is 17.6 Å². The number of nitrogens with zero attached hydrogens (tertiary/aromatic N) is 2. The van der Waals surface area contributed by atoms with E-state index in [1.165, 1.54) is 0 Å². The highest BCUT2D eigenvalue weighted by atomic mass is 19.4. The van der Waals surface area contributed by atoms with E-state index in [1.54, 1.807) is 12.4 Å². The third-order valence-corrected chi connectivity index (χ3v) is 2.89. The second-order valence-corrected chi connectivity index (χ2v) is 4.29. The van der Waals surface area contributed by atoms with Crippen molar-refractivity contribution in [3.05, 3.63) is 47.8 Å². The summed E-state index contributed by atoms with van der Waals surface area (Å²) < 4.78 is 52.9. The van der Waals surface area contributed by atoms with Crippen LogP contribution in [0.5, 0.6) is 0 Å². The number of rotatable bonds is 4. The number of halogens is 4. The molecule has 1 N–H and O–H groups in total. The SMILES string of the molecule is Cc1nccn1CCNc1cc(C(F)(F)F)ccc1F. The van der Waals surface area contributed by atoms with Crippen LogP contribution >= 0.6 is 0 Å². The van der Waals surface area contributed by atoms with E-state index >= 15 is 0 Å². The van der Waals surface area contributed by atoms with Crippen molar-refractivity contribution in [3.8, 4) is 0 Å². The van der Waals surface area contributed by atoms with Crippen molar-refractivity contribution in [2.24, 2.45) is 0 Å². The van der Waals surface area contributed by atoms with Gasteiger partial charge < -0.3 is 9.88 Å². The number of hydrogen-bond donors (Lipinski definition) is 1. The molecule has 3 nitrogen and oxygen atoms in total. The van der Waals surface area contributed by atoms with Crippen molar-refractivity contribution in [2.45, 2.75) is 19.6 Å². The minimum Gasteiger partial charge on any atom is -0.381 e. The number of nitrogens with one attached hydrogen (secondary N) is 1. The predicted octanol–water partition coefficient (Wildman–Crippen LogP) is 3.46. The Morgan fingerprint density at radius 3 is 2.65 bits per heavy atom. The lowest BCUT2D eigenvalue weighted by Crippen LogP contribution is -2.13. The monoisotopic (exact) mass is 287 g/mol. The van der Waals surface area contributed by atoms with Gasteiger partial charge in [-0.25, -0.2) is 9.37 Å². The fraction of sp³-hybridized carbons (Fsp3) is 0.308. The van der Waals surface area contributed by atoms with Crippen LogP contribution in [-0.2, 0) is 12.7 Å². The maximum Gasteiger partial charge on any atom is 0.416 e. The summed E-state index contributed by atoms with van der Waals surface area (Å²) in [5.41, 5.74) is -1.03. The first kappa shape index (κ1) is 14.4. The molecule has 108 valence electrons. The molecule has 0 aliphatic heterocycles. The molecule has 0 saturated carbocycles. The van der Waals surface area contributed by atoms with E-state index in [0.717, 1.165) is 24.0 Å². The first-order chi connectivity index (χ1) is 9.38. The van der Waals surface area contributed by atoms with Gasteiger partial charge in [-0.3, -0.25) is 0 Å². The van der Waals surface area contributed by atoms with Gasteiger partial charge in [0.1, 0.15) is 11.6 Å². The summed E-state index contributed by atoms with van der Waals surface area (Å²) in [6.45, 7) is 2.60. The summed E-state index contributed by atoms with van der Waals surface area (Å²) in [7, 11) is 0. The molecule has 1 aromatic heterocycles. The Balaban J connectivity index is 2.04. The van der Waals surface area contributed by atoms with Gasteiger partial charge in [0.2, 0.25) is 0 Å². The van der Waals surface area contributed by atoms with Crippen LogP contribution in [0.1, 0.15) is 11.4 Å². The molecule has 0 aliphatic carbocycles. The van der Waals surface area contributed by atoms with Gasteiger partial charge in [0.25, 0.3) is 0 Å². The Kier molecular flexibility index (Phi) is 3.96. The molecule has 0 spiro atoms. The molecule has 20 heavy (non-hydrogen) atoms. The van der Waals surface area contributed by atoms with Crippen molar-refractivity contribution in [2.75, 3.05) is 11.9 Å². The lowest BCUT2D eigenvalue weighted by molar-refractivity contribution is -0.137. The fourth-order valence-electron chi connectivity index (χ4n) is 1.79. The molecule has 1 aromatic carbocycles. The number of hydrogen-bond acceptors (Lipinski definition) is 2. The maximum atomic E-state index is 13.5. The summed E-state index contributed by atoms with van der Waals surface area (Å²) in [4.78, 5) is 4.02. The van der Waals surface area contributed by atoms with E-state index in [1.807, 2.05) is 11.5 Å². The smallest absolute Gasteiger partial charge is 0.381 e. The van der Waals surface area contributed by atoms with E-state index in [4.69, 9.17) is 0 Å². The minimum absolute atomic E-state index is 0.155. The van der Waals surface area contributed by atoms with Crippen molar-refractivity contribution in [1.82, 2.24) is 9.55 Å². The maximum absolute atomic E-state index is 13.5. The zero-order chi connectivity index (χ0) is 14.8. The molecule has 0 unspecified atom stereocenters. The molecular weight excluding hydrogens is 274 g/mol. The number of alkyl halides is 3. The molecule has 7 heteroatoms. The third kappa shape index (κ3) is 3.28. The van der Waals surface area contributed by atoms with Crippen LogP contribution in [-0.4, -0.2) is 16.1 Å². The van der Waals surface area contributed by atoms with Crippen molar-refractivity contribution in [1.29, 1.82) is 0 Å². The van der Waals surface area contributed by atoms with Crippen LogP contribution < -0.4 is 5.32 Å². The molecule has 0 atom stereocenters. The van der Waals surface area contributed by atoms with Gasteiger partial charge in [0.15, 0.2) is 0 Å². The average molecular weight is 287 g/mol. The molecule has 0 bridgehead atoms. The zero-order valence-corrected chi connectivity index (χ0v) is 10.7. The lowest BCUT2D eigenvalue weighted by Gasteiger charge is -2.12. The van der Waals surface area contributed by atoms with Crippen molar-refractivity contribution < 1.29 is 17.6 Å². The van der Waals surface area contributed by atoms with Gasteiger partial charge in [0, 0.05) is 25.5 Å². The highest BCUT2D eigenvalue weighted by molar-refractivity contribution is 5.48. The Morgan fingerprint density at radius 1 is 1.30 bits per heavy atom. The van der Waals surface area contributed by atoms with E-state index < -0.39 is 17.6 Å². The van der Waals surface area contributed by atoms with Gasteiger partial charge in [0.05, 0.1) is 11.3 Å². The average Bonchev–Trinajstić information content (AvgIpc) is 2.76. The Bertz CT molecular complexity index is 590. The van der Waals surface area contributed by atoms with Crippen LogP contribution in [0.25, 0.3) is 0 Å². The quantitative estimate of drug-likeness (QED) is 0.873. The summed E-state index contributed by atoms with van der Waals surface area (Å²) >= 11 is 0. The predicted molar refractivity (Wildman–Crippen MR) is 66.9 cm³/mol. The molecule has 0 radical (unpaired) electrons. The van der Waals surface area contributed by atoms with Crippen LogP contribution in [0.4, 0.5) is 23.2 Å². The van der Waals surface area contributed by atoms with E-state index in [-0.39, 0.29) is 5.69 Å². The van der Waals surface area contributed by atoms with Gasteiger partial charge in [-0.1, -0.05) is 0 Å². The molecule has 2 aromatic rings. The Labute approximate surface area is 113 Å². The first-order valence-electron chi connectivity index (χ1n) is 5.96. The first-order valence-corrected chi connectivity index (χ1v) is 5.96. The summed E-state index contributed by atoms with van der Waals surface area (Å²) in [6.07, 6.45) is -1.11. The van der Waals surface area contributed by atoms with Gasteiger partial charge in [-0.05, 0) is 25.1 Å². The molecule has 0 aliphatic rings. The normalized spacial score (nSPS) is 11.7. The number of aryl methyl sites for hydroxylation is 1. The van der Waals surface area contributed by atoms with Crippen LogP contribution in [0.15, 0.2) is 30.6 Å². The number of imidazole rings is 1. The second kappa shape index (κ2) is 5.52. The van der Waals surface area contributed by atoms with Crippen molar-refractivity contribution in [3.63, 3.8) is 0 Å². The van der Waals surface area contributed by atoms with Gasteiger partial charge in [-0.15, -0.1) is 0 Å². The summed E-state index contributed by atoms with van der Waals surface area (Å²) in [5, 5.41) is 2.67. The number of aromatic nitrogens is 2. The van der Waals surface area contributed by atoms with Crippen molar-refractivity contribution >= 4 is 5.69 Å². The van der Waals surface area contributed by atoms with Gasteiger partial charge in [-0.2, -0.15) is 13.2 Å². The van der Waals surface area contributed by atoms with E-state index in [0.29, 0.717) is 13.1 Å². The second-order valence-electron chi connectivity index (χ2n) is 4.29. The molecule has 0 amide bonds. The zero-order valence-electron chi connectivity index (χ0n) is 10.7. The number of anilines is 1. The molecule has 2 rings (SSSR count). The standard InChI is InChI=1S/C13H13F4N3/c1-9-18-4-6-20(9)7-5-19-12-8-10(13(15,16)17)2-3-11(12)14/h2-4,6,8,19H,5,7H2,1H3. The largest absolute Gasteiger partial charge is 0.416 e. The topological polar surface area (TPSA) is 29.9 Å². The van der Waals surface area contributed by atoms with Crippen LogP contribution in [0.2, 0.25) is 0 Å². The third-order valence-electron chi connectivity index (χ3n) is 2.89. The molecular formula is C13H13F4N3. The summed E-state index contributed by atoms with van der Waals surface area (Å²) in [6, 6.07) is 2.31. The van der Waals surface area contributed by atoms with E-state index in [2.05, 4.69) is 10.3 Å². The number of benzene rings is 1. The molecule has 1 heterocycles. The molecule has 0 saturated heterocycles. The highest BCUT2D eigenvalue weighted by Gasteiger charge is 2.31. The minimum atomic E-state index is -4.48. The Morgan fingerprint density at radius 2 is 2.05 bits per heavy atom. The Hall–Kier alpha value is -2.05. The van der Waals surface area contributed by atoms with Crippen LogP contribution in [0, 0.1) is 12.7 Å². The van der Waals surface area contributed by atoms with Crippen LogP contribution in [0.3, 0.4) is 0 Å². The highest BCUT2D eigenvalue weighted by Crippen LogP contribution is 2.31. The fourth-order valence-corrected chi connectivity index (χ4v) is 1.79.